The number of anilines is 1. The summed E-state index contributed by atoms with van der Waals surface area (Å²) >= 11 is 6.04. The number of carbonyl (C=O) groups excluding carboxylic acids is 1. The van der Waals surface area contributed by atoms with Gasteiger partial charge in [-0.3, -0.25) is 23.4 Å². The van der Waals surface area contributed by atoms with E-state index in [1.54, 1.807) is 28.8 Å². The van der Waals surface area contributed by atoms with Gasteiger partial charge in [-0.15, -0.1) is 0 Å². The smallest absolute Gasteiger partial charge is 0.305 e. The summed E-state index contributed by atoms with van der Waals surface area (Å²) in [5, 5.41) is 15.5. The summed E-state index contributed by atoms with van der Waals surface area (Å²) in [7, 11) is 0. The van der Waals surface area contributed by atoms with Crippen LogP contribution in [0.25, 0.3) is 17.0 Å². The standard InChI is InChI=1S/C25H31ClN6O4/c1-2-3-4-12-31-21(30-13-11-27-15-20(30)24(36)28-10-9-23(34)35)14-22(33)32-16-19(29-25(31)32)17-5-7-18(26)8-6-17/h5-8,14,16,20,27H,2-4,9-13,15H2,1H3,(H,28,36)(H,34,35)/t20-/m1/s1. The molecule has 10 nitrogen and oxygen atoms in total. The lowest BCUT2D eigenvalue weighted by molar-refractivity contribution is -0.136. The molecule has 1 aliphatic heterocycles. The molecular formula is C25H31ClN6O4. The zero-order chi connectivity index (χ0) is 25.7. The summed E-state index contributed by atoms with van der Waals surface area (Å²) in [6.45, 7) is 4.37. The summed E-state index contributed by atoms with van der Waals surface area (Å²) in [5.41, 5.74) is 1.28. The minimum atomic E-state index is -0.972. The summed E-state index contributed by atoms with van der Waals surface area (Å²) in [5.74, 6) is -0.0973. The number of carboxylic acid groups (broad SMARTS) is 1. The summed E-state index contributed by atoms with van der Waals surface area (Å²) in [6.07, 6.45) is 4.53. The number of fused-ring (bicyclic) bond motifs is 1. The number of imidazole rings is 1. The van der Waals surface area contributed by atoms with Crippen LogP contribution in [0.5, 0.6) is 0 Å². The fourth-order valence-electron chi connectivity index (χ4n) is 4.44. The van der Waals surface area contributed by atoms with Crippen LogP contribution in [0.3, 0.4) is 0 Å². The maximum atomic E-state index is 13.2. The highest BCUT2D eigenvalue weighted by atomic mass is 35.5. The number of aliphatic carboxylic acids is 1. The third kappa shape index (κ3) is 5.71. The lowest BCUT2D eigenvalue weighted by Crippen LogP contribution is -2.59. The van der Waals surface area contributed by atoms with Gasteiger partial charge in [0.15, 0.2) is 0 Å². The van der Waals surface area contributed by atoms with E-state index < -0.39 is 12.0 Å². The first-order chi connectivity index (χ1) is 17.4. The van der Waals surface area contributed by atoms with E-state index in [4.69, 9.17) is 21.7 Å². The molecule has 1 saturated heterocycles. The molecule has 1 atom stereocenters. The molecule has 4 rings (SSSR count). The number of aromatic nitrogens is 3. The Hall–Kier alpha value is -3.37. The molecular weight excluding hydrogens is 484 g/mol. The zero-order valence-electron chi connectivity index (χ0n) is 20.2. The molecule has 0 bridgehead atoms. The Morgan fingerprint density at radius 3 is 2.75 bits per heavy atom. The van der Waals surface area contributed by atoms with Crippen LogP contribution in [0, 0.1) is 0 Å². The SMILES string of the molecule is CCCCCn1c(N2CCNC[C@@H]2C(=O)NCCC(=O)O)cc(=O)n2cc(-c3ccc(Cl)cc3)nc12. The molecule has 1 aromatic carbocycles. The highest BCUT2D eigenvalue weighted by Crippen LogP contribution is 2.25. The molecule has 3 heterocycles. The number of halogens is 1. The lowest BCUT2D eigenvalue weighted by Gasteiger charge is -2.38. The van der Waals surface area contributed by atoms with Crippen molar-refractivity contribution in [3.63, 3.8) is 0 Å². The van der Waals surface area contributed by atoms with Crippen LogP contribution in [0.1, 0.15) is 32.6 Å². The Morgan fingerprint density at radius 1 is 1.25 bits per heavy atom. The van der Waals surface area contributed by atoms with Gasteiger partial charge in [0, 0.05) is 55.6 Å². The molecule has 0 unspecified atom stereocenters. The van der Waals surface area contributed by atoms with E-state index in [2.05, 4.69) is 17.6 Å². The number of carbonyl (C=O) groups is 2. The van der Waals surface area contributed by atoms with Gasteiger partial charge in [0.25, 0.3) is 5.56 Å². The molecule has 0 saturated carbocycles. The third-order valence-corrected chi connectivity index (χ3v) is 6.55. The second-order valence-electron chi connectivity index (χ2n) is 8.85. The second kappa shape index (κ2) is 11.6. The Kier molecular flexibility index (Phi) is 8.27. The van der Waals surface area contributed by atoms with Gasteiger partial charge in [-0.2, -0.15) is 0 Å². The number of carboxylic acids is 1. The third-order valence-electron chi connectivity index (χ3n) is 6.30. The molecule has 0 aliphatic carbocycles. The van der Waals surface area contributed by atoms with Crippen molar-refractivity contribution in [2.45, 2.75) is 45.2 Å². The van der Waals surface area contributed by atoms with Crippen molar-refractivity contribution in [2.24, 2.45) is 0 Å². The molecule has 0 radical (unpaired) electrons. The van der Waals surface area contributed by atoms with E-state index in [1.165, 1.54) is 0 Å². The second-order valence-corrected chi connectivity index (χ2v) is 9.29. The largest absolute Gasteiger partial charge is 0.481 e. The van der Waals surface area contributed by atoms with E-state index in [-0.39, 0.29) is 24.4 Å². The van der Waals surface area contributed by atoms with Crippen molar-refractivity contribution in [3.05, 3.63) is 51.9 Å². The van der Waals surface area contributed by atoms with Crippen LogP contribution in [0.2, 0.25) is 5.02 Å². The van der Waals surface area contributed by atoms with Crippen molar-refractivity contribution >= 4 is 35.1 Å². The number of amides is 1. The molecule has 1 fully saturated rings. The summed E-state index contributed by atoms with van der Waals surface area (Å²) < 4.78 is 3.56. The van der Waals surface area contributed by atoms with Gasteiger partial charge in [0.2, 0.25) is 11.7 Å². The van der Waals surface area contributed by atoms with E-state index in [1.807, 2.05) is 21.6 Å². The number of unbranched alkanes of at least 4 members (excludes halogenated alkanes) is 2. The fourth-order valence-corrected chi connectivity index (χ4v) is 4.56. The fraction of sp³-hybridized carbons (Fsp3) is 0.440. The number of hydrogen-bond acceptors (Lipinski definition) is 6. The molecule has 1 aliphatic rings. The number of rotatable bonds is 10. The highest BCUT2D eigenvalue weighted by molar-refractivity contribution is 6.30. The molecule has 2 aromatic heterocycles. The van der Waals surface area contributed by atoms with Gasteiger partial charge in [-0.05, 0) is 18.6 Å². The van der Waals surface area contributed by atoms with E-state index >= 15 is 0 Å². The van der Waals surface area contributed by atoms with E-state index in [9.17, 15) is 14.4 Å². The normalized spacial score (nSPS) is 15.8. The first kappa shape index (κ1) is 25.7. The molecule has 3 N–H and O–H groups in total. The Labute approximate surface area is 213 Å². The van der Waals surface area contributed by atoms with Gasteiger partial charge in [0.1, 0.15) is 11.9 Å². The molecule has 1 amide bonds. The van der Waals surface area contributed by atoms with E-state index in [0.717, 1.165) is 24.8 Å². The number of aryl methyl sites for hydroxylation is 1. The van der Waals surface area contributed by atoms with Crippen LogP contribution in [0.15, 0.2) is 41.3 Å². The summed E-state index contributed by atoms with van der Waals surface area (Å²) in [4.78, 5) is 43.8. The monoisotopic (exact) mass is 514 g/mol. The first-order valence-corrected chi connectivity index (χ1v) is 12.6. The molecule has 3 aromatic rings. The summed E-state index contributed by atoms with van der Waals surface area (Å²) in [6, 6.07) is 8.28. The Morgan fingerprint density at radius 2 is 2.03 bits per heavy atom. The van der Waals surface area contributed by atoms with Crippen LogP contribution in [0.4, 0.5) is 5.82 Å². The average molecular weight is 515 g/mol. The quantitative estimate of drug-likeness (QED) is 0.355. The minimum Gasteiger partial charge on any atom is -0.481 e. The molecule has 11 heteroatoms. The molecule has 36 heavy (non-hydrogen) atoms. The molecule has 192 valence electrons. The van der Waals surface area contributed by atoms with Gasteiger partial charge in [-0.1, -0.05) is 43.5 Å². The number of nitrogens with one attached hydrogen (secondary N) is 2. The maximum absolute atomic E-state index is 13.2. The van der Waals surface area contributed by atoms with Gasteiger partial charge < -0.3 is 20.6 Å². The van der Waals surface area contributed by atoms with Crippen LogP contribution in [-0.2, 0) is 16.1 Å². The van der Waals surface area contributed by atoms with Gasteiger partial charge >= 0.3 is 5.97 Å². The van der Waals surface area contributed by atoms with Gasteiger partial charge in [0.05, 0.1) is 12.1 Å². The number of nitrogens with zero attached hydrogens (tertiary/aromatic N) is 4. The lowest BCUT2D eigenvalue weighted by atomic mass is 10.1. The van der Waals surface area contributed by atoms with Crippen molar-refractivity contribution in [1.29, 1.82) is 0 Å². The Bertz CT molecular complexity index is 1290. The van der Waals surface area contributed by atoms with Crippen LogP contribution >= 0.6 is 11.6 Å². The highest BCUT2D eigenvalue weighted by Gasteiger charge is 2.31. The van der Waals surface area contributed by atoms with Crippen molar-refractivity contribution in [1.82, 2.24) is 24.6 Å². The van der Waals surface area contributed by atoms with Crippen molar-refractivity contribution in [3.8, 4) is 11.3 Å². The number of hydrogen-bond donors (Lipinski definition) is 3. The van der Waals surface area contributed by atoms with Crippen molar-refractivity contribution in [2.75, 3.05) is 31.1 Å². The topological polar surface area (TPSA) is 121 Å². The zero-order valence-corrected chi connectivity index (χ0v) is 21.0. The number of benzene rings is 1. The number of piperazine rings is 1. The predicted octanol–water partition coefficient (Wildman–Crippen LogP) is 2.38. The van der Waals surface area contributed by atoms with Crippen LogP contribution < -0.4 is 21.1 Å². The average Bonchev–Trinajstić information content (AvgIpc) is 3.32. The van der Waals surface area contributed by atoms with Crippen molar-refractivity contribution < 1.29 is 14.7 Å². The van der Waals surface area contributed by atoms with E-state index in [0.29, 0.717) is 48.5 Å². The first-order valence-electron chi connectivity index (χ1n) is 12.2. The Balaban J connectivity index is 1.75. The predicted molar refractivity (Wildman–Crippen MR) is 139 cm³/mol. The maximum Gasteiger partial charge on any atom is 0.305 e. The molecule has 0 spiro atoms. The minimum absolute atomic E-state index is 0.0472. The van der Waals surface area contributed by atoms with Gasteiger partial charge in [-0.25, -0.2) is 4.98 Å². The van der Waals surface area contributed by atoms with Crippen LogP contribution in [-0.4, -0.2) is 63.2 Å².